The SMILES string of the molecule is NCC(C(=O)O)c1ccc(SC2CC2)c(Br)c1. The first-order valence-corrected chi connectivity index (χ1v) is 7.18. The number of carboxylic acid groups (broad SMARTS) is 1. The molecule has 1 atom stereocenters. The Balaban J connectivity index is 2.19. The summed E-state index contributed by atoms with van der Waals surface area (Å²) in [6.07, 6.45) is 2.55. The Morgan fingerprint density at radius 3 is 2.76 bits per heavy atom. The van der Waals surface area contributed by atoms with Crippen molar-refractivity contribution in [3.05, 3.63) is 28.2 Å². The van der Waals surface area contributed by atoms with Gasteiger partial charge < -0.3 is 10.8 Å². The molecule has 5 heteroatoms. The molecule has 0 spiro atoms. The van der Waals surface area contributed by atoms with Gasteiger partial charge in [0.05, 0.1) is 5.92 Å². The van der Waals surface area contributed by atoms with E-state index < -0.39 is 11.9 Å². The van der Waals surface area contributed by atoms with Crippen molar-refractivity contribution in [2.75, 3.05) is 6.54 Å². The second-order valence-corrected chi connectivity index (χ2v) is 6.33. The molecular weight excluding hydrogens is 302 g/mol. The number of rotatable bonds is 5. The van der Waals surface area contributed by atoms with Crippen LogP contribution in [0.25, 0.3) is 0 Å². The highest BCUT2D eigenvalue weighted by Crippen LogP contribution is 2.42. The van der Waals surface area contributed by atoms with Crippen LogP contribution in [0.1, 0.15) is 24.3 Å². The van der Waals surface area contributed by atoms with Crippen LogP contribution in [0.15, 0.2) is 27.6 Å². The number of carboxylic acids is 1. The van der Waals surface area contributed by atoms with Gasteiger partial charge in [0.25, 0.3) is 0 Å². The van der Waals surface area contributed by atoms with Gasteiger partial charge in [-0.1, -0.05) is 6.07 Å². The quantitative estimate of drug-likeness (QED) is 0.877. The van der Waals surface area contributed by atoms with E-state index in [0.29, 0.717) is 0 Å². The van der Waals surface area contributed by atoms with Crippen LogP contribution in [0.4, 0.5) is 0 Å². The lowest BCUT2D eigenvalue weighted by Crippen LogP contribution is -2.21. The van der Waals surface area contributed by atoms with Crippen LogP contribution in [0.2, 0.25) is 0 Å². The molecule has 17 heavy (non-hydrogen) atoms. The lowest BCUT2D eigenvalue weighted by atomic mass is 10.00. The molecule has 3 N–H and O–H groups in total. The minimum atomic E-state index is -0.873. The third-order valence-electron chi connectivity index (χ3n) is 2.71. The number of aliphatic carboxylic acids is 1. The second-order valence-electron chi connectivity index (χ2n) is 4.13. The van der Waals surface area contributed by atoms with Gasteiger partial charge in [-0.15, -0.1) is 11.8 Å². The zero-order valence-electron chi connectivity index (χ0n) is 9.23. The maximum absolute atomic E-state index is 11.0. The van der Waals surface area contributed by atoms with Crippen LogP contribution in [-0.2, 0) is 4.79 Å². The molecule has 0 radical (unpaired) electrons. The smallest absolute Gasteiger partial charge is 0.312 e. The molecule has 2 rings (SSSR count). The molecule has 1 aliphatic rings. The van der Waals surface area contributed by atoms with Gasteiger partial charge in [-0.2, -0.15) is 0 Å². The average molecular weight is 316 g/mol. The van der Waals surface area contributed by atoms with Crippen molar-refractivity contribution in [3.63, 3.8) is 0 Å². The van der Waals surface area contributed by atoms with Crippen molar-refractivity contribution < 1.29 is 9.90 Å². The fraction of sp³-hybridized carbons (Fsp3) is 0.417. The summed E-state index contributed by atoms with van der Waals surface area (Å²) in [5.74, 6) is -1.49. The first-order valence-electron chi connectivity index (χ1n) is 5.50. The molecule has 1 saturated carbocycles. The van der Waals surface area contributed by atoms with Gasteiger partial charge in [-0.3, -0.25) is 4.79 Å². The number of nitrogens with two attached hydrogens (primary N) is 1. The fourth-order valence-electron chi connectivity index (χ4n) is 1.57. The molecule has 1 unspecified atom stereocenters. The van der Waals surface area contributed by atoms with Crippen molar-refractivity contribution in [1.29, 1.82) is 0 Å². The first kappa shape index (κ1) is 12.9. The summed E-state index contributed by atoms with van der Waals surface area (Å²) in [7, 11) is 0. The Hall–Kier alpha value is -0.520. The molecule has 0 bridgehead atoms. The highest BCUT2D eigenvalue weighted by atomic mass is 79.9. The highest BCUT2D eigenvalue weighted by Gasteiger charge is 2.24. The summed E-state index contributed by atoms with van der Waals surface area (Å²) in [6.45, 7) is 0.122. The van der Waals surface area contributed by atoms with Crippen LogP contribution >= 0.6 is 27.7 Å². The van der Waals surface area contributed by atoms with E-state index in [1.807, 2.05) is 30.0 Å². The minimum Gasteiger partial charge on any atom is -0.481 e. The normalized spacial score (nSPS) is 16.8. The number of halogens is 1. The Morgan fingerprint density at radius 2 is 2.29 bits per heavy atom. The van der Waals surface area contributed by atoms with Gasteiger partial charge in [-0.05, 0) is 46.5 Å². The third kappa shape index (κ3) is 3.24. The summed E-state index contributed by atoms with van der Waals surface area (Å²) in [5.41, 5.74) is 6.24. The lowest BCUT2D eigenvalue weighted by Gasteiger charge is -2.12. The van der Waals surface area contributed by atoms with E-state index in [-0.39, 0.29) is 6.54 Å². The van der Waals surface area contributed by atoms with Crippen molar-refractivity contribution in [2.24, 2.45) is 5.73 Å². The van der Waals surface area contributed by atoms with Gasteiger partial charge >= 0.3 is 5.97 Å². The van der Waals surface area contributed by atoms with Gasteiger partial charge in [0, 0.05) is 21.2 Å². The average Bonchev–Trinajstić information content (AvgIpc) is 3.06. The minimum absolute atomic E-state index is 0.122. The molecular formula is C12H14BrNO2S. The topological polar surface area (TPSA) is 63.3 Å². The van der Waals surface area contributed by atoms with E-state index in [2.05, 4.69) is 15.9 Å². The monoisotopic (exact) mass is 315 g/mol. The van der Waals surface area contributed by atoms with Crippen LogP contribution < -0.4 is 5.73 Å². The summed E-state index contributed by atoms with van der Waals surface area (Å²) in [6, 6.07) is 5.71. The van der Waals surface area contributed by atoms with Crippen LogP contribution in [0, 0.1) is 0 Å². The van der Waals surface area contributed by atoms with Crippen molar-refractivity contribution in [3.8, 4) is 0 Å². The zero-order valence-corrected chi connectivity index (χ0v) is 11.6. The largest absolute Gasteiger partial charge is 0.481 e. The van der Waals surface area contributed by atoms with Gasteiger partial charge in [0.15, 0.2) is 0 Å². The second kappa shape index (κ2) is 5.42. The van der Waals surface area contributed by atoms with E-state index in [1.165, 1.54) is 17.7 Å². The molecule has 1 aliphatic carbocycles. The van der Waals surface area contributed by atoms with Crippen LogP contribution in [-0.4, -0.2) is 22.9 Å². The Kier molecular flexibility index (Phi) is 4.12. The Labute approximate surface area is 113 Å². The van der Waals surface area contributed by atoms with Crippen LogP contribution in [0.5, 0.6) is 0 Å². The number of benzene rings is 1. The number of hydrogen-bond donors (Lipinski definition) is 2. The van der Waals surface area contributed by atoms with E-state index >= 15 is 0 Å². The molecule has 0 saturated heterocycles. The molecule has 1 aromatic carbocycles. The molecule has 0 heterocycles. The molecule has 3 nitrogen and oxygen atoms in total. The molecule has 1 aromatic rings. The first-order chi connectivity index (χ1) is 8.11. The summed E-state index contributed by atoms with van der Waals surface area (Å²) >= 11 is 5.34. The number of thioether (sulfide) groups is 1. The molecule has 0 aromatic heterocycles. The summed E-state index contributed by atoms with van der Waals surface area (Å²) in [4.78, 5) is 12.2. The van der Waals surface area contributed by atoms with Crippen LogP contribution in [0.3, 0.4) is 0 Å². The maximum atomic E-state index is 11.0. The predicted octanol–water partition coefficient (Wildman–Crippen LogP) is 2.83. The number of hydrogen-bond acceptors (Lipinski definition) is 3. The maximum Gasteiger partial charge on any atom is 0.312 e. The van der Waals surface area contributed by atoms with Gasteiger partial charge in [0.1, 0.15) is 0 Å². The zero-order chi connectivity index (χ0) is 12.4. The third-order valence-corrected chi connectivity index (χ3v) is 5.04. The highest BCUT2D eigenvalue weighted by molar-refractivity contribution is 9.10. The van der Waals surface area contributed by atoms with Crippen molar-refractivity contribution in [1.82, 2.24) is 0 Å². The van der Waals surface area contributed by atoms with E-state index in [9.17, 15) is 4.79 Å². The van der Waals surface area contributed by atoms with Crippen molar-refractivity contribution >= 4 is 33.7 Å². The Bertz CT molecular complexity index is 435. The molecule has 1 fully saturated rings. The molecule has 0 aliphatic heterocycles. The van der Waals surface area contributed by atoms with E-state index in [1.54, 1.807) is 0 Å². The number of carbonyl (C=O) groups is 1. The van der Waals surface area contributed by atoms with E-state index in [0.717, 1.165) is 15.3 Å². The standard InChI is InChI=1S/C12H14BrNO2S/c13-10-5-7(9(6-14)12(15)16)1-4-11(10)17-8-2-3-8/h1,4-5,8-9H,2-3,6,14H2,(H,15,16). The van der Waals surface area contributed by atoms with Gasteiger partial charge in [0.2, 0.25) is 0 Å². The lowest BCUT2D eigenvalue weighted by molar-refractivity contribution is -0.138. The van der Waals surface area contributed by atoms with Crippen molar-refractivity contribution in [2.45, 2.75) is 28.9 Å². The molecule has 0 amide bonds. The molecule has 92 valence electrons. The summed E-state index contributed by atoms with van der Waals surface area (Å²) in [5, 5.41) is 9.78. The summed E-state index contributed by atoms with van der Waals surface area (Å²) < 4.78 is 0.964. The van der Waals surface area contributed by atoms with Gasteiger partial charge in [-0.25, -0.2) is 0 Å². The fourth-order valence-corrected chi connectivity index (χ4v) is 3.30. The van der Waals surface area contributed by atoms with E-state index in [4.69, 9.17) is 10.8 Å². The predicted molar refractivity (Wildman–Crippen MR) is 72.5 cm³/mol. The Morgan fingerprint density at radius 1 is 1.59 bits per heavy atom.